The van der Waals surface area contributed by atoms with Crippen molar-refractivity contribution in [2.45, 2.75) is 36.7 Å². The van der Waals surface area contributed by atoms with Crippen molar-refractivity contribution in [3.8, 4) is 11.5 Å². The number of aliphatic hydroxyl groups is 1. The number of nitrogens with zero attached hydrogens (tertiary/aromatic N) is 2. The van der Waals surface area contributed by atoms with Gasteiger partial charge < -0.3 is 19.5 Å². The van der Waals surface area contributed by atoms with Crippen LogP contribution in [0.5, 0.6) is 11.5 Å². The van der Waals surface area contributed by atoms with Crippen LogP contribution in [0.4, 0.5) is 0 Å². The number of nitrogens with one attached hydrogen (secondary N) is 1. The first-order chi connectivity index (χ1) is 18.4. The molecule has 1 aliphatic rings. The first-order valence-corrected chi connectivity index (χ1v) is 14.0. The van der Waals surface area contributed by atoms with Gasteiger partial charge in [-0.15, -0.1) is 11.8 Å². The first kappa shape index (κ1) is 28.4. The number of fused-ring (bicyclic) bond motifs is 1. The number of thioether (sulfide) groups is 1. The average Bonchev–Trinajstić information content (AvgIpc) is 2.96. The van der Waals surface area contributed by atoms with E-state index in [9.17, 15) is 15.1 Å². The summed E-state index contributed by atoms with van der Waals surface area (Å²) in [4.78, 5) is 20.7. The highest BCUT2D eigenvalue weighted by molar-refractivity contribution is 7.99. The Hall–Kier alpha value is -2.56. The maximum absolute atomic E-state index is 12.8. The van der Waals surface area contributed by atoms with E-state index in [-0.39, 0.29) is 0 Å². The molecule has 0 spiro atoms. The third-order valence-electron chi connectivity index (χ3n) is 7.41. The van der Waals surface area contributed by atoms with Crippen LogP contribution < -0.4 is 15.0 Å². The number of pyridine rings is 1. The van der Waals surface area contributed by atoms with Gasteiger partial charge in [-0.25, -0.2) is 5.48 Å². The van der Waals surface area contributed by atoms with E-state index in [1.807, 2.05) is 41.9 Å². The quantitative estimate of drug-likeness (QED) is 0.169. The van der Waals surface area contributed by atoms with Crippen LogP contribution in [-0.2, 0) is 4.79 Å². The lowest BCUT2D eigenvalue weighted by Gasteiger charge is -2.40. The van der Waals surface area contributed by atoms with E-state index in [4.69, 9.17) is 21.1 Å². The monoisotopic (exact) mass is 559 g/mol. The fourth-order valence-electron chi connectivity index (χ4n) is 5.09. The number of carbonyl (C=O) groups is 1. The van der Waals surface area contributed by atoms with Crippen LogP contribution in [-0.4, -0.2) is 65.7 Å². The van der Waals surface area contributed by atoms with Gasteiger partial charge in [-0.1, -0.05) is 17.7 Å². The number of likely N-dealkylation sites (tertiary alicyclic amines) is 1. The van der Waals surface area contributed by atoms with Gasteiger partial charge in [0.05, 0.1) is 36.3 Å². The highest BCUT2D eigenvalue weighted by Gasteiger charge is 2.41. The molecule has 0 aliphatic carbocycles. The van der Waals surface area contributed by atoms with Gasteiger partial charge in [0.15, 0.2) is 0 Å². The Balaban J connectivity index is 1.38. The first-order valence-electron chi connectivity index (χ1n) is 12.6. The SMILES string of the molecule is COc1cccc(SCCN2CCC(CCC(O)c3c(Cl)cnc4ccc(OC)cc34)(C(=O)NO)CC2)c1. The molecule has 1 fully saturated rings. The highest BCUT2D eigenvalue weighted by atomic mass is 35.5. The van der Waals surface area contributed by atoms with Crippen molar-refractivity contribution in [3.63, 3.8) is 0 Å². The zero-order valence-electron chi connectivity index (χ0n) is 21.7. The summed E-state index contributed by atoms with van der Waals surface area (Å²) in [6, 6.07) is 13.4. The number of rotatable bonds is 11. The third kappa shape index (κ3) is 6.52. The van der Waals surface area contributed by atoms with E-state index in [0.29, 0.717) is 52.9 Å². The molecule has 2 aromatic carbocycles. The van der Waals surface area contributed by atoms with Crippen molar-refractivity contribution in [3.05, 3.63) is 59.2 Å². The summed E-state index contributed by atoms with van der Waals surface area (Å²) in [5.74, 6) is 2.00. The molecular formula is C28H34ClN3O5S. The molecule has 0 saturated carbocycles. The Morgan fingerprint density at radius 1 is 1.18 bits per heavy atom. The van der Waals surface area contributed by atoms with E-state index in [1.54, 1.807) is 26.0 Å². The van der Waals surface area contributed by atoms with Crippen LogP contribution in [0, 0.1) is 5.41 Å². The number of benzene rings is 2. The zero-order valence-corrected chi connectivity index (χ0v) is 23.2. The fourth-order valence-corrected chi connectivity index (χ4v) is 6.32. The number of aliphatic hydroxyl groups excluding tert-OH is 1. The summed E-state index contributed by atoms with van der Waals surface area (Å²) >= 11 is 8.24. The smallest absolute Gasteiger partial charge is 0.249 e. The third-order valence-corrected chi connectivity index (χ3v) is 8.69. The number of methoxy groups -OCH3 is 2. The van der Waals surface area contributed by atoms with E-state index in [2.05, 4.69) is 16.0 Å². The van der Waals surface area contributed by atoms with Crippen molar-refractivity contribution >= 4 is 40.2 Å². The molecule has 3 aromatic rings. The summed E-state index contributed by atoms with van der Waals surface area (Å²) in [6.45, 7) is 2.36. The maximum Gasteiger partial charge on any atom is 0.249 e. The summed E-state index contributed by atoms with van der Waals surface area (Å²) in [6.07, 6.45) is 2.54. The molecule has 1 amide bonds. The summed E-state index contributed by atoms with van der Waals surface area (Å²) in [7, 11) is 3.24. The molecule has 1 atom stereocenters. The average molecular weight is 560 g/mol. The number of hydrogen-bond acceptors (Lipinski definition) is 8. The summed E-state index contributed by atoms with van der Waals surface area (Å²) < 4.78 is 10.6. The van der Waals surface area contributed by atoms with Gasteiger partial charge in [0.25, 0.3) is 0 Å². The van der Waals surface area contributed by atoms with Crippen LogP contribution in [0.3, 0.4) is 0 Å². The molecule has 10 heteroatoms. The van der Waals surface area contributed by atoms with E-state index < -0.39 is 17.4 Å². The Bertz CT molecular complexity index is 1250. The number of piperidine rings is 1. The second-order valence-corrected chi connectivity index (χ2v) is 11.1. The molecule has 38 heavy (non-hydrogen) atoms. The largest absolute Gasteiger partial charge is 0.497 e. The standard InChI is InChI=1S/C28H34ClN3O5S/c1-36-19-4-3-5-21(16-19)38-15-14-32-12-10-28(11-13-32,27(34)31-35)9-8-25(33)26-22-17-20(37-2)6-7-24(22)30-18-23(26)29/h3-7,16-18,25,33,35H,8-15H2,1-2H3,(H,31,34). The zero-order chi connectivity index (χ0) is 27.1. The van der Waals surface area contributed by atoms with Gasteiger partial charge in [0, 0.05) is 34.3 Å². The number of aromatic nitrogens is 1. The van der Waals surface area contributed by atoms with E-state index in [1.165, 1.54) is 6.20 Å². The van der Waals surface area contributed by atoms with Crippen LogP contribution in [0.15, 0.2) is 53.6 Å². The van der Waals surface area contributed by atoms with Crippen LogP contribution in [0.2, 0.25) is 5.02 Å². The van der Waals surface area contributed by atoms with Gasteiger partial charge in [-0.05, 0) is 75.2 Å². The fraction of sp³-hybridized carbons (Fsp3) is 0.429. The summed E-state index contributed by atoms with van der Waals surface area (Å²) in [5, 5.41) is 21.8. The molecule has 2 heterocycles. The highest BCUT2D eigenvalue weighted by Crippen LogP contribution is 2.41. The predicted molar refractivity (Wildman–Crippen MR) is 149 cm³/mol. The van der Waals surface area contributed by atoms with Crippen molar-refractivity contribution in [1.29, 1.82) is 0 Å². The van der Waals surface area contributed by atoms with Crippen molar-refractivity contribution in [1.82, 2.24) is 15.4 Å². The molecule has 1 aromatic heterocycles. The van der Waals surface area contributed by atoms with E-state index >= 15 is 0 Å². The molecule has 4 rings (SSSR count). The minimum absolute atomic E-state index is 0.315. The van der Waals surface area contributed by atoms with Crippen molar-refractivity contribution in [2.75, 3.05) is 39.6 Å². The lowest BCUT2D eigenvalue weighted by molar-refractivity contribution is -0.143. The number of ether oxygens (including phenoxy) is 2. The van der Waals surface area contributed by atoms with Gasteiger partial charge >= 0.3 is 0 Å². The van der Waals surface area contributed by atoms with Gasteiger partial charge in [0.1, 0.15) is 11.5 Å². The molecule has 204 valence electrons. The molecule has 1 saturated heterocycles. The lowest BCUT2D eigenvalue weighted by atomic mass is 9.73. The molecular weight excluding hydrogens is 526 g/mol. The molecule has 1 aliphatic heterocycles. The lowest BCUT2D eigenvalue weighted by Crippen LogP contribution is -2.48. The van der Waals surface area contributed by atoms with Crippen molar-refractivity contribution < 1.29 is 24.6 Å². The summed E-state index contributed by atoms with van der Waals surface area (Å²) in [5.41, 5.74) is 2.39. The minimum Gasteiger partial charge on any atom is -0.497 e. The van der Waals surface area contributed by atoms with Crippen molar-refractivity contribution in [2.24, 2.45) is 5.41 Å². The van der Waals surface area contributed by atoms with Crippen LogP contribution >= 0.6 is 23.4 Å². The Labute approximate surface area is 232 Å². The second-order valence-electron chi connectivity index (χ2n) is 9.55. The topological polar surface area (TPSA) is 104 Å². The Kier molecular flexibility index (Phi) is 9.73. The van der Waals surface area contributed by atoms with Crippen LogP contribution in [0.25, 0.3) is 10.9 Å². The van der Waals surface area contributed by atoms with Gasteiger partial charge in [0.2, 0.25) is 5.91 Å². The molecule has 8 nitrogen and oxygen atoms in total. The molecule has 0 radical (unpaired) electrons. The molecule has 0 bridgehead atoms. The van der Waals surface area contributed by atoms with E-state index in [0.717, 1.165) is 36.0 Å². The number of hydroxylamine groups is 1. The Morgan fingerprint density at radius 3 is 2.63 bits per heavy atom. The molecule has 1 unspecified atom stereocenters. The minimum atomic E-state index is -0.902. The molecule has 3 N–H and O–H groups in total. The van der Waals surface area contributed by atoms with Gasteiger partial charge in [-0.3, -0.25) is 15.0 Å². The normalized spacial score (nSPS) is 16.2. The number of amides is 1. The number of halogens is 1. The Morgan fingerprint density at radius 2 is 1.92 bits per heavy atom. The second kappa shape index (κ2) is 13.0. The number of carbonyl (C=O) groups excluding carboxylic acids is 1. The number of hydrogen-bond donors (Lipinski definition) is 3. The van der Waals surface area contributed by atoms with Gasteiger partial charge in [-0.2, -0.15) is 0 Å². The van der Waals surface area contributed by atoms with Crippen LogP contribution in [0.1, 0.15) is 37.4 Å². The predicted octanol–water partition coefficient (Wildman–Crippen LogP) is 5.10. The maximum atomic E-state index is 12.8.